The molecule has 1 saturated heterocycles. The molecule has 0 spiro atoms. The Bertz CT molecular complexity index is 741. The molecule has 1 atom stereocenters. The van der Waals surface area contributed by atoms with Gasteiger partial charge in [-0.1, -0.05) is 12.1 Å². The number of rotatable bonds is 4. The fraction of sp³-hybridized carbons (Fsp3) is 0.533. The van der Waals surface area contributed by atoms with Crippen molar-refractivity contribution in [2.24, 2.45) is 0 Å². The van der Waals surface area contributed by atoms with Gasteiger partial charge in [0.05, 0.1) is 0 Å². The third kappa shape index (κ3) is 3.61. The zero-order chi connectivity index (χ0) is 17.1. The van der Waals surface area contributed by atoms with Gasteiger partial charge in [0.15, 0.2) is 11.0 Å². The average Bonchev–Trinajstić information content (AvgIpc) is 3.23. The smallest absolute Gasteiger partial charge is 0.273 e. The molecule has 1 aliphatic rings. The highest BCUT2D eigenvalue weighted by molar-refractivity contribution is 7.14. The van der Waals surface area contributed by atoms with Crippen molar-refractivity contribution in [2.45, 2.75) is 39.0 Å². The molecule has 2 aromatic rings. The van der Waals surface area contributed by atoms with Crippen molar-refractivity contribution in [1.29, 1.82) is 0 Å². The molecule has 3 heterocycles. The van der Waals surface area contributed by atoms with E-state index < -0.39 is 0 Å². The first-order valence-electron chi connectivity index (χ1n) is 7.91. The number of aromatic nitrogens is 3. The molecule has 2 aromatic heterocycles. The lowest BCUT2D eigenvalue weighted by Crippen LogP contribution is -2.39. The first kappa shape index (κ1) is 16.6. The number of hydrogen-bond acceptors (Lipinski definition) is 7. The van der Waals surface area contributed by atoms with E-state index in [1.807, 2.05) is 6.92 Å². The average molecular weight is 349 g/mol. The van der Waals surface area contributed by atoms with Crippen LogP contribution in [0.2, 0.25) is 0 Å². The third-order valence-corrected chi connectivity index (χ3v) is 4.62. The number of thiazole rings is 1. The summed E-state index contributed by atoms with van der Waals surface area (Å²) in [6.45, 7) is 4.60. The summed E-state index contributed by atoms with van der Waals surface area (Å²) in [5.74, 6) is 1.03. The largest absolute Gasteiger partial charge is 0.339 e. The van der Waals surface area contributed by atoms with E-state index in [-0.39, 0.29) is 17.7 Å². The van der Waals surface area contributed by atoms with Gasteiger partial charge in [-0.3, -0.25) is 9.59 Å². The van der Waals surface area contributed by atoms with Crippen LogP contribution in [-0.2, 0) is 11.2 Å². The molecule has 1 N–H and O–H groups in total. The number of aryl methyl sites for hydroxylation is 1. The molecule has 2 amide bonds. The SMILES string of the molecule is CCc1nc(C2CCCN(C(=O)c3csc(NC(C)=O)n3)C2)no1. The van der Waals surface area contributed by atoms with E-state index in [1.54, 1.807) is 10.3 Å². The second-order valence-corrected chi connectivity index (χ2v) is 6.57. The molecule has 1 aliphatic heterocycles. The number of carbonyl (C=O) groups is 2. The van der Waals surface area contributed by atoms with Crippen LogP contribution in [0, 0.1) is 0 Å². The van der Waals surface area contributed by atoms with E-state index in [0.717, 1.165) is 12.8 Å². The summed E-state index contributed by atoms with van der Waals surface area (Å²) in [6.07, 6.45) is 2.52. The molecule has 0 bridgehead atoms. The van der Waals surface area contributed by atoms with E-state index in [2.05, 4.69) is 20.4 Å². The van der Waals surface area contributed by atoms with Crippen molar-refractivity contribution in [3.63, 3.8) is 0 Å². The molecule has 0 aliphatic carbocycles. The normalized spacial score (nSPS) is 17.8. The van der Waals surface area contributed by atoms with Gasteiger partial charge in [0.2, 0.25) is 11.8 Å². The first-order chi connectivity index (χ1) is 11.6. The summed E-state index contributed by atoms with van der Waals surface area (Å²) >= 11 is 1.24. The fourth-order valence-corrected chi connectivity index (χ4v) is 3.42. The van der Waals surface area contributed by atoms with Crippen LogP contribution in [0.25, 0.3) is 0 Å². The monoisotopic (exact) mass is 349 g/mol. The Morgan fingerprint density at radius 1 is 1.46 bits per heavy atom. The van der Waals surface area contributed by atoms with E-state index in [9.17, 15) is 9.59 Å². The van der Waals surface area contributed by atoms with Crippen molar-refractivity contribution in [1.82, 2.24) is 20.0 Å². The number of nitrogens with zero attached hydrogens (tertiary/aromatic N) is 4. The molecule has 1 fully saturated rings. The lowest BCUT2D eigenvalue weighted by molar-refractivity contribution is -0.114. The minimum Gasteiger partial charge on any atom is -0.339 e. The van der Waals surface area contributed by atoms with E-state index in [4.69, 9.17) is 4.52 Å². The number of nitrogens with one attached hydrogen (secondary N) is 1. The van der Waals surface area contributed by atoms with Gasteiger partial charge in [-0.2, -0.15) is 4.98 Å². The number of likely N-dealkylation sites (tertiary alicyclic amines) is 1. The van der Waals surface area contributed by atoms with Gasteiger partial charge in [0, 0.05) is 37.7 Å². The quantitative estimate of drug-likeness (QED) is 0.907. The highest BCUT2D eigenvalue weighted by atomic mass is 32.1. The molecule has 9 heteroatoms. The zero-order valence-corrected chi connectivity index (χ0v) is 14.4. The summed E-state index contributed by atoms with van der Waals surface area (Å²) in [5, 5.41) is 8.72. The number of piperidine rings is 1. The van der Waals surface area contributed by atoms with Gasteiger partial charge in [-0.15, -0.1) is 11.3 Å². The van der Waals surface area contributed by atoms with Crippen LogP contribution in [0.15, 0.2) is 9.90 Å². The van der Waals surface area contributed by atoms with Crippen LogP contribution in [0.1, 0.15) is 54.8 Å². The van der Waals surface area contributed by atoms with Crippen LogP contribution in [0.5, 0.6) is 0 Å². The molecular weight excluding hydrogens is 330 g/mol. The molecule has 0 aromatic carbocycles. The zero-order valence-electron chi connectivity index (χ0n) is 13.6. The number of amides is 2. The van der Waals surface area contributed by atoms with Gasteiger partial charge < -0.3 is 14.7 Å². The van der Waals surface area contributed by atoms with Crippen molar-refractivity contribution < 1.29 is 14.1 Å². The van der Waals surface area contributed by atoms with Crippen molar-refractivity contribution in [2.75, 3.05) is 18.4 Å². The van der Waals surface area contributed by atoms with E-state index in [0.29, 0.717) is 42.1 Å². The van der Waals surface area contributed by atoms with Crippen molar-refractivity contribution >= 4 is 28.3 Å². The summed E-state index contributed by atoms with van der Waals surface area (Å²) in [7, 11) is 0. The second-order valence-electron chi connectivity index (χ2n) is 5.71. The maximum atomic E-state index is 12.6. The van der Waals surface area contributed by atoms with Crippen LogP contribution in [0.4, 0.5) is 5.13 Å². The number of carbonyl (C=O) groups excluding carboxylic acids is 2. The van der Waals surface area contributed by atoms with Crippen molar-refractivity contribution in [3.05, 3.63) is 22.8 Å². The summed E-state index contributed by atoms with van der Waals surface area (Å²) in [4.78, 5) is 34.0. The minimum absolute atomic E-state index is 0.0835. The van der Waals surface area contributed by atoms with Gasteiger partial charge in [-0.05, 0) is 12.8 Å². The number of anilines is 1. The molecule has 1 unspecified atom stereocenters. The Labute approximate surface area is 143 Å². The Kier molecular flexibility index (Phi) is 4.89. The van der Waals surface area contributed by atoms with Gasteiger partial charge >= 0.3 is 0 Å². The summed E-state index contributed by atoms with van der Waals surface area (Å²) < 4.78 is 5.17. The first-order valence-corrected chi connectivity index (χ1v) is 8.79. The summed E-state index contributed by atoms with van der Waals surface area (Å²) in [6, 6.07) is 0. The second kappa shape index (κ2) is 7.08. The number of hydrogen-bond donors (Lipinski definition) is 1. The molecule has 3 rings (SSSR count). The van der Waals surface area contributed by atoms with Crippen LogP contribution in [-0.4, -0.2) is 44.9 Å². The predicted octanol–water partition coefficient (Wildman–Crippen LogP) is 2.07. The minimum atomic E-state index is -0.203. The maximum absolute atomic E-state index is 12.6. The van der Waals surface area contributed by atoms with Gasteiger partial charge in [0.1, 0.15) is 5.69 Å². The topological polar surface area (TPSA) is 101 Å². The Balaban J connectivity index is 1.68. The molecule has 8 nitrogen and oxygen atoms in total. The highest BCUT2D eigenvalue weighted by Gasteiger charge is 2.29. The lowest BCUT2D eigenvalue weighted by atomic mass is 9.97. The van der Waals surface area contributed by atoms with Crippen molar-refractivity contribution in [3.8, 4) is 0 Å². The highest BCUT2D eigenvalue weighted by Crippen LogP contribution is 2.26. The van der Waals surface area contributed by atoms with E-state index in [1.165, 1.54) is 18.3 Å². The Hall–Kier alpha value is -2.29. The van der Waals surface area contributed by atoms with E-state index >= 15 is 0 Å². The standard InChI is InChI=1S/C15H19N5O3S/c1-3-12-18-13(19-23-12)10-5-4-6-20(7-10)14(22)11-8-24-15(17-11)16-9(2)21/h8,10H,3-7H2,1-2H3,(H,16,17,21). The van der Waals surface area contributed by atoms with Gasteiger partial charge in [0.25, 0.3) is 5.91 Å². The maximum Gasteiger partial charge on any atom is 0.273 e. The van der Waals surface area contributed by atoms with Crippen LogP contribution < -0.4 is 5.32 Å². The Morgan fingerprint density at radius 2 is 2.29 bits per heavy atom. The fourth-order valence-electron chi connectivity index (χ4n) is 2.69. The molecule has 24 heavy (non-hydrogen) atoms. The third-order valence-electron chi connectivity index (χ3n) is 3.87. The molecule has 0 saturated carbocycles. The lowest BCUT2D eigenvalue weighted by Gasteiger charge is -2.30. The predicted molar refractivity (Wildman–Crippen MR) is 88.0 cm³/mol. The molecular formula is C15H19N5O3S. The van der Waals surface area contributed by atoms with Crippen LogP contribution in [0.3, 0.4) is 0 Å². The summed E-state index contributed by atoms with van der Waals surface area (Å²) in [5.41, 5.74) is 0.353. The molecule has 0 radical (unpaired) electrons. The van der Waals surface area contributed by atoms with Crippen LogP contribution >= 0.6 is 11.3 Å². The molecule has 128 valence electrons. The van der Waals surface area contributed by atoms with Gasteiger partial charge in [-0.25, -0.2) is 4.98 Å². The Morgan fingerprint density at radius 3 is 3.00 bits per heavy atom.